The van der Waals surface area contributed by atoms with Crippen LogP contribution in [0.3, 0.4) is 0 Å². The molecule has 1 aliphatic heterocycles. The van der Waals surface area contributed by atoms with Gasteiger partial charge in [0, 0.05) is 0 Å². The van der Waals surface area contributed by atoms with Crippen LogP contribution in [0.2, 0.25) is 0 Å². The average molecular weight is 214 g/mol. The molecule has 0 amide bonds. The minimum absolute atomic E-state index is 0.228. The first kappa shape index (κ1) is 10.2. The van der Waals surface area contributed by atoms with E-state index in [1.807, 2.05) is 0 Å². The molecule has 15 heavy (non-hydrogen) atoms. The SMILES string of the molecule is FC(F)(F)c1ccc2c(c1)COCC=C2. The summed E-state index contributed by atoms with van der Waals surface area (Å²) >= 11 is 0. The number of ether oxygens (including phenoxy) is 1. The van der Waals surface area contributed by atoms with Gasteiger partial charge in [-0.25, -0.2) is 0 Å². The molecule has 0 bridgehead atoms. The van der Waals surface area contributed by atoms with Crippen LogP contribution in [0.25, 0.3) is 6.08 Å². The summed E-state index contributed by atoms with van der Waals surface area (Å²) in [6, 6.07) is 3.71. The van der Waals surface area contributed by atoms with Crippen LogP contribution in [0.5, 0.6) is 0 Å². The van der Waals surface area contributed by atoms with Crippen molar-refractivity contribution in [1.82, 2.24) is 0 Å². The van der Waals surface area contributed by atoms with E-state index in [2.05, 4.69) is 0 Å². The third-order valence-corrected chi connectivity index (χ3v) is 2.24. The molecule has 0 unspecified atom stereocenters. The largest absolute Gasteiger partial charge is 0.416 e. The molecule has 0 aliphatic carbocycles. The van der Waals surface area contributed by atoms with Gasteiger partial charge in [-0.1, -0.05) is 18.2 Å². The predicted octanol–water partition coefficient (Wildman–Crippen LogP) is 3.25. The van der Waals surface area contributed by atoms with Gasteiger partial charge >= 0.3 is 6.18 Å². The first-order valence-corrected chi connectivity index (χ1v) is 4.52. The zero-order valence-corrected chi connectivity index (χ0v) is 7.84. The highest BCUT2D eigenvalue weighted by Crippen LogP contribution is 2.31. The topological polar surface area (TPSA) is 9.23 Å². The second kappa shape index (κ2) is 3.70. The molecule has 0 N–H and O–H groups in total. The Hall–Kier alpha value is -1.29. The van der Waals surface area contributed by atoms with Gasteiger partial charge in [-0.15, -0.1) is 0 Å². The number of rotatable bonds is 0. The number of hydrogen-bond acceptors (Lipinski definition) is 1. The highest BCUT2D eigenvalue weighted by Gasteiger charge is 2.30. The Labute approximate surface area is 85.2 Å². The molecule has 0 spiro atoms. The summed E-state index contributed by atoms with van der Waals surface area (Å²) in [5, 5.41) is 0. The standard InChI is InChI=1S/C11H9F3O/c12-11(13,14)10-4-3-8-2-1-5-15-7-9(8)6-10/h1-4,6H,5,7H2. The Bertz CT molecular complexity index is 393. The fourth-order valence-corrected chi connectivity index (χ4v) is 1.48. The zero-order valence-electron chi connectivity index (χ0n) is 7.84. The maximum Gasteiger partial charge on any atom is 0.416 e. The van der Waals surface area contributed by atoms with E-state index in [0.717, 1.165) is 17.7 Å². The second-order valence-corrected chi connectivity index (χ2v) is 3.33. The molecule has 1 aromatic rings. The Balaban J connectivity index is 2.42. The van der Waals surface area contributed by atoms with Crippen molar-refractivity contribution in [3.05, 3.63) is 41.0 Å². The summed E-state index contributed by atoms with van der Waals surface area (Å²) in [6.07, 6.45) is -0.716. The van der Waals surface area contributed by atoms with E-state index < -0.39 is 11.7 Å². The molecule has 0 aromatic heterocycles. The lowest BCUT2D eigenvalue weighted by Gasteiger charge is -2.10. The highest BCUT2D eigenvalue weighted by atomic mass is 19.4. The van der Waals surface area contributed by atoms with E-state index in [-0.39, 0.29) is 6.61 Å². The molecule has 1 aliphatic rings. The number of halogens is 3. The van der Waals surface area contributed by atoms with E-state index in [1.165, 1.54) is 6.07 Å². The normalized spacial score (nSPS) is 15.9. The van der Waals surface area contributed by atoms with Crippen LogP contribution in [-0.4, -0.2) is 6.61 Å². The van der Waals surface area contributed by atoms with Gasteiger partial charge in [0.2, 0.25) is 0 Å². The van der Waals surface area contributed by atoms with Gasteiger partial charge in [-0.2, -0.15) is 13.2 Å². The molecule has 0 saturated heterocycles. The smallest absolute Gasteiger partial charge is 0.373 e. The average Bonchev–Trinajstić information content (AvgIpc) is 2.39. The van der Waals surface area contributed by atoms with Crippen LogP contribution < -0.4 is 0 Å². The zero-order chi connectivity index (χ0) is 10.9. The molecule has 1 aromatic carbocycles. The minimum atomic E-state index is -4.29. The lowest BCUT2D eigenvalue weighted by atomic mass is 10.0. The van der Waals surface area contributed by atoms with E-state index in [4.69, 9.17) is 4.74 Å². The lowest BCUT2D eigenvalue weighted by Crippen LogP contribution is -2.06. The van der Waals surface area contributed by atoms with Crippen LogP contribution in [-0.2, 0) is 17.5 Å². The lowest BCUT2D eigenvalue weighted by molar-refractivity contribution is -0.137. The number of benzene rings is 1. The van der Waals surface area contributed by atoms with Gasteiger partial charge in [0.1, 0.15) is 0 Å². The molecule has 80 valence electrons. The summed E-state index contributed by atoms with van der Waals surface area (Å²) < 4.78 is 42.3. The molecule has 1 nitrogen and oxygen atoms in total. The van der Waals surface area contributed by atoms with Crippen LogP contribution in [0.1, 0.15) is 16.7 Å². The van der Waals surface area contributed by atoms with Crippen molar-refractivity contribution in [2.75, 3.05) is 6.61 Å². The fourth-order valence-electron chi connectivity index (χ4n) is 1.48. The molecule has 0 atom stereocenters. The summed E-state index contributed by atoms with van der Waals surface area (Å²) in [6.45, 7) is 0.669. The minimum Gasteiger partial charge on any atom is -0.373 e. The van der Waals surface area contributed by atoms with Crippen molar-refractivity contribution in [2.24, 2.45) is 0 Å². The van der Waals surface area contributed by atoms with Crippen LogP contribution in [0.4, 0.5) is 13.2 Å². The summed E-state index contributed by atoms with van der Waals surface area (Å²) in [4.78, 5) is 0. The van der Waals surface area contributed by atoms with Gasteiger partial charge in [0.25, 0.3) is 0 Å². The number of alkyl halides is 3. The third kappa shape index (κ3) is 2.21. The van der Waals surface area contributed by atoms with Crippen molar-refractivity contribution in [3.63, 3.8) is 0 Å². The van der Waals surface area contributed by atoms with Crippen LogP contribution in [0, 0.1) is 0 Å². The van der Waals surface area contributed by atoms with Crippen molar-refractivity contribution < 1.29 is 17.9 Å². The van der Waals surface area contributed by atoms with Crippen molar-refractivity contribution in [1.29, 1.82) is 0 Å². The summed E-state index contributed by atoms with van der Waals surface area (Å²) in [5.74, 6) is 0. The monoisotopic (exact) mass is 214 g/mol. The molecule has 1 heterocycles. The van der Waals surface area contributed by atoms with Crippen molar-refractivity contribution >= 4 is 6.08 Å². The molecule has 0 fully saturated rings. The van der Waals surface area contributed by atoms with Crippen molar-refractivity contribution in [2.45, 2.75) is 12.8 Å². The molecule has 4 heteroatoms. The van der Waals surface area contributed by atoms with Gasteiger partial charge in [-0.3, -0.25) is 0 Å². The Morgan fingerprint density at radius 1 is 1.20 bits per heavy atom. The molecule has 0 saturated carbocycles. The molecular weight excluding hydrogens is 205 g/mol. The van der Waals surface area contributed by atoms with Gasteiger partial charge in [0.05, 0.1) is 18.8 Å². The molecule has 2 rings (SSSR count). The summed E-state index contributed by atoms with van der Waals surface area (Å²) in [7, 11) is 0. The van der Waals surface area contributed by atoms with Crippen molar-refractivity contribution in [3.8, 4) is 0 Å². The quantitative estimate of drug-likeness (QED) is 0.644. The fraction of sp³-hybridized carbons (Fsp3) is 0.273. The van der Waals surface area contributed by atoms with E-state index in [1.54, 1.807) is 12.2 Å². The number of hydrogen-bond donors (Lipinski definition) is 0. The molecular formula is C11H9F3O. The predicted molar refractivity (Wildman–Crippen MR) is 50.1 cm³/mol. The first-order chi connectivity index (χ1) is 7.07. The summed E-state index contributed by atoms with van der Waals surface area (Å²) in [5.41, 5.74) is 0.749. The van der Waals surface area contributed by atoms with Gasteiger partial charge < -0.3 is 4.74 Å². The highest BCUT2D eigenvalue weighted by molar-refractivity contribution is 5.55. The maximum atomic E-state index is 12.4. The first-order valence-electron chi connectivity index (χ1n) is 4.52. The van der Waals surface area contributed by atoms with E-state index >= 15 is 0 Å². The van der Waals surface area contributed by atoms with Crippen LogP contribution >= 0.6 is 0 Å². The van der Waals surface area contributed by atoms with Crippen LogP contribution in [0.15, 0.2) is 24.3 Å². The Morgan fingerprint density at radius 2 is 2.00 bits per heavy atom. The maximum absolute atomic E-state index is 12.4. The third-order valence-electron chi connectivity index (χ3n) is 2.24. The number of fused-ring (bicyclic) bond motifs is 1. The van der Waals surface area contributed by atoms with Gasteiger partial charge in [-0.05, 0) is 23.3 Å². The Kier molecular flexibility index (Phi) is 2.52. The molecule has 0 radical (unpaired) electrons. The Morgan fingerprint density at radius 3 is 2.73 bits per heavy atom. The van der Waals surface area contributed by atoms with E-state index in [9.17, 15) is 13.2 Å². The van der Waals surface area contributed by atoms with E-state index in [0.29, 0.717) is 12.2 Å². The second-order valence-electron chi connectivity index (χ2n) is 3.33. The van der Waals surface area contributed by atoms with Gasteiger partial charge in [0.15, 0.2) is 0 Å².